The lowest BCUT2D eigenvalue weighted by atomic mass is 10.2. The smallest absolute Gasteiger partial charge is 0.410 e. The predicted octanol–water partition coefficient (Wildman–Crippen LogP) is 1.14. The van der Waals surface area contributed by atoms with Crippen molar-refractivity contribution in [2.45, 2.75) is 39.5 Å². The molecule has 0 saturated carbocycles. The van der Waals surface area contributed by atoms with Crippen LogP contribution in [-0.2, 0) is 29.6 Å². The molecule has 0 radical (unpaired) electrons. The van der Waals surface area contributed by atoms with Crippen molar-refractivity contribution in [3.05, 3.63) is 17.2 Å². The van der Waals surface area contributed by atoms with Crippen molar-refractivity contribution in [1.82, 2.24) is 19.4 Å². The highest BCUT2D eigenvalue weighted by molar-refractivity contribution is 5.91. The molecule has 0 spiro atoms. The summed E-state index contributed by atoms with van der Waals surface area (Å²) < 4.78 is 12.5. The predicted molar refractivity (Wildman–Crippen MR) is 85.4 cm³/mol. The van der Waals surface area contributed by atoms with E-state index in [1.54, 1.807) is 14.4 Å². The van der Waals surface area contributed by atoms with Crippen LogP contribution in [-0.4, -0.2) is 63.3 Å². The van der Waals surface area contributed by atoms with Crippen LogP contribution in [0.4, 0.5) is 4.79 Å². The van der Waals surface area contributed by atoms with Gasteiger partial charge >= 0.3 is 6.09 Å². The monoisotopic (exact) mass is 336 g/mol. The highest BCUT2D eigenvalue weighted by Gasteiger charge is 2.34. The first kappa shape index (κ1) is 16.8. The van der Waals surface area contributed by atoms with Crippen LogP contribution < -0.4 is 0 Å². The third-order valence-electron chi connectivity index (χ3n) is 4.12. The standard InChI is InChI=1S/C16H24N4O4/c1-16(2,3)24-15(22)20-9-11-12(10-20)18(4)13(17-11)14(21)19-5-7-23-8-6-19/h5-10H2,1-4H3. The van der Waals surface area contributed by atoms with Gasteiger partial charge in [-0.3, -0.25) is 9.69 Å². The number of carbonyl (C=O) groups is 2. The summed E-state index contributed by atoms with van der Waals surface area (Å²) in [7, 11) is 1.82. The van der Waals surface area contributed by atoms with Gasteiger partial charge in [-0.15, -0.1) is 0 Å². The van der Waals surface area contributed by atoms with Crippen LogP contribution in [0.1, 0.15) is 42.8 Å². The summed E-state index contributed by atoms with van der Waals surface area (Å²) in [4.78, 5) is 32.6. The van der Waals surface area contributed by atoms with Gasteiger partial charge in [-0.2, -0.15) is 0 Å². The maximum absolute atomic E-state index is 12.6. The van der Waals surface area contributed by atoms with Gasteiger partial charge in [0.05, 0.1) is 37.7 Å². The quantitative estimate of drug-likeness (QED) is 0.769. The molecule has 1 aromatic rings. The van der Waals surface area contributed by atoms with E-state index in [1.807, 2.05) is 27.8 Å². The lowest BCUT2D eigenvalue weighted by Crippen LogP contribution is -2.41. The number of ether oxygens (including phenoxy) is 2. The zero-order valence-corrected chi connectivity index (χ0v) is 14.7. The van der Waals surface area contributed by atoms with Crippen molar-refractivity contribution < 1.29 is 19.1 Å². The summed E-state index contributed by atoms with van der Waals surface area (Å²) in [5.74, 6) is 0.338. The Bertz CT molecular complexity index is 656. The number of carbonyl (C=O) groups excluding carboxylic acids is 2. The highest BCUT2D eigenvalue weighted by atomic mass is 16.6. The third kappa shape index (κ3) is 3.24. The van der Waals surface area contributed by atoms with E-state index in [9.17, 15) is 9.59 Å². The first-order valence-electron chi connectivity index (χ1n) is 8.15. The molecule has 2 aliphatic heterocycles. The van der Waals surface area contributed by atoms with Gasteiger partial charge in [0.15, 0.2) is 5.82 Å². The summed E-state index contributed by atoms with van der Waals surface area (Å²) in [6.07, 6.45) is -0.360. The molecule has 0 aliphatic carbocycles. The Kier molecular flexibility index (Phi) is 4.25. The molecule has 1 fully saturated rings. The minimum atomic E-state index is -0.531. The minimum absolute atomic E-state index is 0.0842. The molecule has 1 aromatic heterocycles. The van der Waals surface area contributed by atoms with Gasteiger partial charge in [0, 0.05) is 20.1 Å². The Morgan fingerprint density at radius 3 is 2.38 bits per heavy atom. The number of amides is 2. The number of rotatable bonds is 1. The number of imidazole rings is 1. The second-order valence-corrected chi connectivity index (χ2v) is 7.13. The van der Waals surface area contributed by atoms with Gasteiger partial charge in [-0.25, -0.2) is 9.78 Å². The summed E-state index contributed by atoms with van der Waals surface area (Å²) in [6, 6.07) is 0. The number of hydrogen-bond donors (Lipinski definition) is 0. The van der Waals surface area contributed by atoms with Crippen LogP contribution in [0.2, 0.25) is 0 Å². The van der Waals surface area contributed by atoms with Gasteiger partial charge in [0.25, 0.3) is 5.91 Å². The summed E-state index contributed by atoms with van der Waals surface area (Å²) in [5, 5.41) is 0. The molecule has 2 amide bonds. The Morgan fingerprint density at radius 2 is 1.79 bits per heavy atom. The van der Waals surface area contributed by atoms with E-state index in [2.05, 4.69) is 4.98 Å². The molecular weight excluding hydrogens is 312 g/mol. The Hall–Kier alpha value is -2.09. The molecule has 8 heteroatoms. The molecule has 0 bridgehead atoms. The van der Waals surface area contributed by atoms with Crippen LogP contribution in [0.5, 0.6) is 0 Å². The molecule has 0 atom stereocenters. The molecule has 0 N–H and O–H groups in total. The van der Waals surface area contributed by atoms with Crippen molar-refractivity contribution in [2.75, 3.05) is 26.3 Å². The minimum Gasteiger partial charge on any atom is -0.444 e. The normalized spacial score (nSPS) is 17.8. The Balaban J connectivity index is 1.71. The van der Waals surface area contributed by atoms with Crippen LogP contribution in [0.15, 0.2) is 0 Å². The first-order chi connectivity index (χ1) is 11.3. The van der Waals surface area contributed by atoms with Gasteiger partial charge in [-0.1, -0.05) is 0 Å². The van der Waals surface area contributed by atoms with Crippen molar-refractivity contribution >= 4 is 12.0 Å². The third-order valence-corrected chi connectivity index (χ3v) is 4.12. The largest absolute Gasteiger partial charge is 0.444 e. The molecule has 132 valence electrons. The lowest BCUT2D eigenvalue weighted by Gasteiger charge is -2.26. The highest BCUT2D eigenvalue weighted by Crippen LogP contribution is 2.25. The Morgan fingerprint density at radius 1 is 1.12 bits per heavy atom. The van der Waals surface area contributed by atoms with Crippen molar-refractivity contribution in [3.63, 3.8) is 0 Å². The number of nitrogens with zero attached hydrogens (tertiary/aromatic N) is 4. The average Bonchev–Trinajstić information content (AvgIpc) is 3.06. The average molecular weight is 336 g/mol. The molecular formula is C16H24N4O4. The second-order valence-electron chi connectivity index (χ2n) is 7.13. The molecule has 8 nitrogen and oxygen atoms in total. The number of hydrogen-bond acceptors (Lipinski definition) is 5. The van der Waals surface area contributed by atoms with E-state index in [0.29, 0.717) is 45.2 Å². The fourth-order valence-electron chi connectivity index (χ4n) is 2.88. The van der Waals surface area contributed by atoms with Gasteiger partial charge < -0.3 is 18.9 Å². The topological polar surface area (TPSA) is 76.9 Å². The van der Waals surface area contributed by atoms with Crippen LogP contribution in [0, 0.1) is 0 Å². The van der Waals surface area contributed by atoms with E-state index in [0.717, 1.165) is 11.4 Å². The van der Waals surface area contributed by atoms with Crippen LogP contribution >= 0.6 is 0 Å². The van der Waals surface area contributed by atoms with Crippen molar-refractivity contribution in [1.29, 1.82) is 0 Å². The van der Waals surface area contributed by atoms with E-state index < -0.39 is 5.60 Å². The van der Waals surface area contributed by atoms with Crippen molar-refractivity contribution in [3.8, 4) is 0 Å². The van der Waals surface area contributed by atoms with Gasteiger partial charge in [-0.05, 0) is 20.8 Å². The molecule has 0 aromatic carbocycles. The molecule has 24 heavy (non-hydrogen) atoms. The fourth-order valence-corrected chi connectivity index (χ4v) is 2.88. The van der Waals surface area contributed by atoms with Crippen LogP contribution in [0.3, 0.4) is 0 Å². The lowest BCUT2D eigenvalue weighted by molar-refractivity contribution is 0.0236. The number of fused-ring (bicyclic) bond motifs is 1. The molecule has 3 heterocycles. The first-order valence-corrected chi connectivity index (χ1v) is 8.15. The maximum atomic E-state index is 12.6. The summed E-state index contributed by atoms with van der Waals surface area (Å²) >= 11 is 0. The molecule has 3 rings (SSSR count). The maximum Gasteiger partial charge on any atom is 0.410 e. The van der Waals surface area contributed by atoms with E-state index in [4.69, 9.17) is 9.47 Å². The number of morpholine rings is 1. The fraction of sp³-hybridized carbons (Fsp3) is 0.688. The molecule has 2 aliphatic rings. The second kappa shape index (κ2) is 6.08. The zero-order valence-electron chi connectivity index (χ0n) is 14.7. The SMILES string of the molecule is Cn1c(C(=O)N2CCOCC2)nc2c1CN(C(=O)OC(C)(C)C)C2. The summed E-state index contributed by atoms with van der Waals surface area (Å²) in [6.45, 7) is 8.58. The molecule has 1 saturated heterocycles. The summed E-state index contributed by atoms with van der Waals surface area (Å²) in [5.41, 5.74) is 1.12. The van der Waals surface area contributed by atoms with E-state index >= 15 is 0 Å². The Labute approximate surface area is 141 Å². The zero-order chi connectivity index (χ0) is 17.5. The van der Waals surface area contributed by atoms with Crippen LogP contribution in [0.25, 0.3) is 0 Å². The van der Waals surface area contributed by atoms with Gasteiger partial charge in [0.1, 0.15) is 5.60 Å². The van der Waals surface area contributed by atoms with E-state index in [-0.39, 0.29) is 12.0 Å². The van der Waals surface area contributed by atoms with Gasteiger partial charge in [0.2, 0.25) is 0 Å². The molecule has 0 unspecified atom stereocenters. The van der Waals surface area contributed by atoms with Crippen molar-refractivity contribution in [2.24, 2.45) is 7.05 Å². The van der Waals surface area contributed by atoms with E-state index in [1.165, 1.54) is 0 Å². The number of aromatic nitrogens is 2.